The van der Waals surface area contributed by atoms with Crippen molar-refractivity contribution in [1.29, 1.82) is 0 Å². The number of fused-ring (bicyclic) bond motifs is 1. The van der Waals surface area contributed by atoms with Gasteiger partial charge >= 0.3 is 0 Å². The maximum atomic E-state index is 6.07. The second kappa shape index (κ2) is 5.40. The molecule has 0 unspecified atom stereocenters. The lowest BCUT2D eigenvalue weighted by Crippen LogP contribution is -2.30. The van der Waals surface area contributed by atoms with E-state index in [1.807, 2.05) is 6.92 Å². The largest absolute Gasteiger partial charge is 0.383 e. The van der Waals surface area contributed by atoms with E-state index in [9.17, 15) is 0 Å². The highest BCUT2D eigenvalue weighted by Crippen LogP contribution is 2.27. The quantitative estimate of drug-likeness (QED) is 0.930. The van der Waals surface area contributed by atoms with Crippen molar-refractivity contribution >= 4 is 16.9 Å². The Balaban J connectivity index is 2.45. The molecule has 0 amide bonds. The summed E-state index contributed by atoms with van der Waals surface area (Å²) in [7, 11) is 2.15. The molecule has 0 aliphatic rings. The zero-order chi connectivity index (χ0) is 15.0. The first-order valence-corrected chi connectivity index (χ1v) is 7.12. The van der Waals surface area contributed by atoms with Crippen LogP contribution >= 0.6 is 0 Å². The van der Waals surface area contributed by atoms with Crippen LogP contribution in [0.3, 0.4) is 0 Å². The highest BCUT2D eigenvalue weighted by Gasteiger charge is 2.16. The van der Waals surface area contributed by atoms with Gasteiger partial charge < -0.3 is 15.2 Å². The SMILES string of the molecule is Cc1nc(N)c2c(C)c(C)n(CCN(C)C(C)C)c2n1. The lowest BCUT2D eigenvalue weighted by molar-refractivity contribution is 0.263. The molecule has 5 nitrogen and oxygen atoms in total. The number of hydrogen-bond donors (Lipinski definition) is 1. The first-order chi connectivity index (χ1) is 9.32. The molecule has 0 aromatic carbocycles. The van der Waals surface area contributed by atoms with E-state index in [4.69, 9.17) is 5.73 Å². The molecule has 2 aromatic heterocycles. The van der Waals surface area contributed by atoms with Gasteiger partial charge in [0, 0.05) is 24.8 Å². The third-order valence-corrected chi connectivity index (χ3v) is 4.17. The van der Waals surface area contributed by atoms with Crippen LogP contribution in [0.1, 0.15) is 30.9 Å². The van der Waals surface area contributed by atoms with Crippen LogP contribution in [0.5, 0.6) is 0 Å². The summed E-state index contributed by atoms with van der Waals surface area (Å²) < 4.78 is 2.26. The van der Waals surface area contributed by atoms with Gasteiger partial charge in [-0.2, -0.15) is 0 Å². The second-order valence-corrected chi connectivity index (χ2v) is 5.79. The number of aryl methyl sites for hydroxylation is 2. The normalized spacial score (nSPS) is 12.0. The third-order valence-electron chi connectivity index (χ3n) is 4.17. The summed E-state index contributed by atoms with van der Waals surface area (Å²) in [5.74, 6) is 1.31. The van der Waals surface area contributed by atoms with Gasteiger partial charge in [-0.15, -0.1) is 0 Å². The van der Waals surface area contributed by atoms with Crippen LogP contribution in [0.15, 0.2) is 0 Å². The maximum Gasteiger partial charge on any atom is 0.146 e. The van der Waals surface area contributed by atoms with Gasteiger partial charge in [0.2, 0.25) is 0 Å². The summed E-state index contributed by atoms with van der Waals surface area (Å²) in [6, 6.07) is 0.541. The molecule has 0 atom stereocenters. The van der Waals surface area contributed by atoms with Crippen molar-refractivity contribution < 1.29 is 0 Å². The van der Waals surface area contributed by atoms with E-state index in [0.29, 0.717) is 11.9 Å². The molecule has 0 fully saturated rings. The average Bonchev–Trinajstić information content (AvgIpc) is 2.59. The third kappa shape index (κ3) is 2.50. The molecule has 20 heavy (non-hydrogen) atoms. The van der Waals surface area contributed by atoms with Gasteiger partial charge in [-0.1, -0.05) is 0 Å². The van der Waals surface area contributed by atoms with Crippen LogP contribution in [-0.4, -0.2) is 39.1 Å². The summed E-state index contributed by atoms with van der Waals surface area (Å²) in [6.45, 7) is 12.4. The van der Waals surface area contributed by atoms with E-state index in [1.165, 1.54) is 11.3 Å². The molecule has 0 saturated heterocycles. The van der Waals surface area contributed by atoms with E-state index >= 15 is 0 Å². The number of nitrogens with two attached hydrogens (primary N) is 1. The summed E-state index contributed by atoms with van der Waals surface area (Å²) in [6.07, 6.45) is 0. The molecule has 0 bridgehead atoms. The first-order valence-electron chi connectivity index (χ1n) is 7.12. The molecule has 0 aliphatic carbocycles. The lowest BCUT2D eigenvalue weighted by atomic mass is 10.2. The molecule has 0 spiro atoms. The summed E-state index contributed by atoms with van der Waals surface area (Å²) >= 11 is 0. The van der Waals surface area contributed by atoms with Crippen LogP contribution in [0.2, 0.25) is 0 Å². The Bertz CT molecular complexity index is 627. The predicted molar refractivity (Wildman–Crippen MR) is 83.9 cm³/mol. The minimum Gasteiger partial charge on any atom is -0.383 e. The number of nitrogens with zero attached hydrogens (tertiary/aromatic N) is 4. The van der Waals surface area contributed by atoms with Crippen molar-refractivity contribution in [3.05, 3.63) is 17.1 Å². The molecule has 0 radical (unpaired) electrons. The molecule has 2 rings (SSSR count). The molecule has 2 N–H and O–H groups in total. The van der Waals surface area contributed by atoms with Gasteiger partial charge in [0.15, 0.2) is 0 Å². The highest BCUT2D eigenvalue weighted by atomic mass is 15.2. The van der Waals surface area contributed by atoms with Gasteiger partial charge in [-0.3, -0.25) is 0 Å². The second-order valence-electron chi connectivity index (χ2n) is 5.79. The zero-order valence-corrected chi connectivity index (χ0v) is 13.4. The Morgan fingerprint density at radius 1 is 1.20 bits per heavy atom. The smallest absolute Gasteiger partial charge is 0.146 e. The monoisotopic (exact) mass is 275 g/mol. The molecule has 2 heterocycles. The fraction of sp³-hybridized carbons (Fsp3) is 0.600. The van der Waals surface area contributed by atoms with Gasteiger partial charge in [0.05, 0.1) is 5.39 Å². The number of hydrogen-bond acceptors (Lipinski definition) is 4. The fourth-order valence-corrected chi connectivity index (χ4v) is 2.47. The van der Waals surface area contributed by atoms with Crippen molar-refractivity contribution in [3.8, 4) is 0 Å². The van der Waals surface area contributed by atoms with Gasteiger partial charge in [-0.05, 0) is 47.2 Å². The van der Waals surface area contributed by atoms with Gasteiger partial charge in [0.25, 0.3) is 0 Å². The van der Waals surface area contributed by atoms with Crippen LogP contribution in [0.25, 0.3) is 11.0 Å². The summed E-state index contributed by atoms with van der Waals surface area (Å²) in [5, 5.41) is 1.00. The Morgan fingerprint density at radius 2 is 1.85 bits per heavy atom. The Kier molecular flexibility index (Phi) is 3.99. The minimum absolute atomic E-state index is 0.541. The van der Waals surface area contributed by atoms with E-state index in [2.05, 4.69) is 54.2 Å². The summed E-state index contributed by atoms with van der Waals surface area (Å²) in [4.78, 5) is 11.2. The highest BCUT2D eigenvalue weighted by molar-refractivity contribution is 5.91. The molecular weight excluding hydrogens is 250 g/mol. The maximum absolute atomic E-state index is 6.07. The molecule has 2 aromatic rings. The van der Waals surface area contributed by atoms with Crippen molar-refractivity contribution in [2.24, 2.45) is 0 Å². The zero-order valence-electron chi connectivity index (χ0n) is 13.4. The van der Waals surface area contributed by atoms with Crippen LogP contribution < -0.4 is 5.73 Å². The van der Waals surface area contributed by atoms with Gasteiger partial charge in [0.1, 0.15) is 17.3 Å². The minimum atomic E-state index is 0.541. The van der Waals surface area contributed by atoms with E-state index in [1.54, 1.807) is 0 Å². The first kappa shape index (κ1) is 14.8. The molecule has 0 saturated carbocycles. The molecule has 110 valence electrons. The molecule has 0 aliphatic heterocycles. The molecular formula is C15H25N5. The van der Waals surface area contributed by atoms with E-state index in [0.717, 1.165) is 29.9 Å². The standard InChI is InChI=1S/C15H25N5/c1-9(2)19(6)7-8-20-11(4)10(3)13-14(16)17-12(5)18-15(13)20/h9H,7-8H2,1-6H3,(H2,16,17,18). The van der Waals surface area contributed by atoms with Crippen molar-refractivity contribution in [3.63, 3.8) is 0 Å². The number of aromatic nitrogens is 3. The number of likely N-dealkylation sites (N-methyl/N-ethyl adjacent to an activating group) is 1. The van der Waals surface area contributed by atoms with Crippen LogP contribution in [0, 0.1) is 20.8 Å². The number of nitrogen functional groups attached to an aromatic ring is 1. The Hall–Kier alpha value is -1.62. The van der Waals surface area contributed by atoms with Gasteiger partial charge in [-0.25, -0.2) is 9.97 Å². The lowest BCUT2D eigenvalue weighted by Gasteiger charge is -2.21. The van der Waals surface area contributed by atoms with Crippen LogP contribution in [-0.2, 0) is 6.54 Å². The topological polar surface area (TPSA) is 60.0 Å². The fourth-order valence-electron chi connectivity index (χ4n) is 2.47. The van der Waals surface area contributed by atoms with Crippen molar-refractivity contribution in [1.82, 2.24) is 19.4 Å². The van der Waals surface area contributed by atoms with E-state index < -0.39 is 0 Å². The number of rotatable bonds is 4. The number of anilines is 1. The Morgan fingerprint density at radius 3 is 2.45 bits per heavy atom. The van der Waals surface area contributed by atoms with E-state index in [-0.39, 0.29) is 0 Å². The van der Waals surface area contributed by atoms with Crippen LogP contribution in [0.4, 0.5) is 5.82 Å². The average molecular weight is 275 g/mol. The van der Waals surface area contributed by atoms with Crippen molar-refractivity contribution in [2.45, 2.75) is 47.2 Å². The molecule has 5 heteroatoms. The predicted octanol–water partition coefficient (Wildman–Crippen LogP) is 2.28. The summed E-state index contributed by atoms with van der Waals surface area (Å²) in [5.41, 5.74) is 9.44. The Labute approximate surface area is 120 Å². The van der Waals surface area contributed by atoms with Crippen molar-refractivity contribution in [2.75, 3.05) is 19.3 Å².